The van der Waals surface area contributed by atoms with E-state index in [1.165, 1.54) is 0 Å². The number of benzene rings is 2. The van der Waals surface area contributed by atoms with Crippen LogP contribution in [0.5, 0.6) is 0 Å². The van der Waals surface area contributed by atoms with Crippen LogP contribution in [0.4, 0.5) is 22.1 Å². The van der Waals surface area contributed by atoms with Crippen molar-refractivity contribution in [2.75, 3.05) is 75.1 Å². The van der Waals surface area contributed by atoms with Gasteiger partial charge in [-0.05, 0) is 67.0 Å². The lowest BCUT2D eigenvalue weighted by atomic mass is 10.1. The molecule has 6 rings (SSSR count). The maximum Gasteiger partial charge on any atom is 0.323 e. The third-order valence-electron chi connectivity index (χ3n) is 7.24. The molecular formula is C30H32N8O3S. The number of carbonyl (C=O) groups is 2. The number of piperazine rings is 1. The first kappa shape index (κ1) is 27.8. The van der Waals surface area contributed by atoms with E-state index in [2.05, 4.69) is 27.5 Å². The van der Waals surface area contributed by atoms with Gasteiger partial charge >= 0.3 is 6.03 Å². The predicted octanol–water partition coefficient (Wildman–Crippen LogP) is 4.14. The average Bonchev–Trinajstić information content (AvgIpc) is 3.58. The van der Waals surface area contributed by atoms with Crippen LogP contribution in [0.15, 0.2) is 66.0 Å². The summed E-state index contributed by atoms with van der Waals surface area (Å²) in [5.74, 6) is 1.84. The second-order valence-corrected chi connectivity index (χ2v) is 11.1. The quantitative estimate of drug-likeness (QED) is 0.348. The van der Waals surface area contributed by atoms with E-state index in [-0.39, 0.29) is 11.9 Å². The van der Waals surface area contributed by atoms with Crippen LogP contribution in [0.3, 0.4) is 0 Å². The lowest BCUT2D eigenvalue weighted by molar-refractivity contribution is 0.0664. The normalized spacial score (nSPS) is 15.8. The fourth-order valence-electron chi connectivity index (χ4n) is 4.80. The summed E-state index contributed by atoms with van der Waals surface area (Å²) in [5, 5.41) is 7.68. The summed E-state index contributed by atoms with van der Waals surface area (Å²) in [7, 11) is 2.06. The molecule has 4 heterocycles. The Hall–Kier alpha value is -4.39. The molecule has 2 N–H and O–H groups in total. The molecule has 216 valence electrons. The van der Waals surface area contributed by atoms with E-state index in [0.717, 1.165) is 36.6 Å². The molecule has 11 nitrogen and oxygen atoms in total. The predicted molar refractivity (Wildman–Crippen MR) is 164 cm³/mol. The minimum Gasteiger partial charge on any atom is -0.378 e. The highest BCUT2D eigenvalue weighted by atomic mass is 32.1. The Morgan fingerprint density at radius 1 is 0.786 bits per heavy atom. The van der Waals surface area contributed by atoms with Crippen molar-refractivity contribution in [1.82, 2.24) is 24.8 Å². The van der Waals surface area contributed by atoms with Crippen molar-refractivity contribution in [3.63, 3.8) is 0 Å². The average molecular weight is 585 g/mol. The Morgan fingerprint density at radius 2 is 1.43 bits per heavy atom. The van der Waals surface area contributed by atoms with Crippen LogP contribution in [-0.2, 0) is 4.74 Å². The fourth-order valence-corrected chi connectivity index (χ4v) is 5.46. The van der Waals surface area contributed by atoms with Gasteiger partial charge < -0.3 is 30.1 Å². The molecule has 2 aliphatic heterocycles. The molecule has 0 unspecified atom stereocenters. The maximum atomic E-state index is 12.8. The number of hydrogen-bond donors (Lipinski definition) is 2. The number of carbonyl (C=O) groups excluding carboxylic acids is 2. The number of ether oxygens (including phenoxy) is 1. The number of morpholine rings is 1. The van der Waals surface area contributed by atoms with Gasteiger partial charge in [-0.25, -0.2) is 9.78 Å². The minimum absolute atomic E-state index is 0.0111. The zero-order valence-corrected chi connectivity index (χ0v) is 24.1. The second-order valence-electron chi connectivity index (χ2n) is 10.2. The number of nitrogens with one attached hydrogen (secondary N) is 2. The van der Waals surface area contributed by atoms with Crippen LogP contribution in [0.2, 0.25) is 0 Å². The summed E-state index contributed by atoms with van der Waals surface area (Å²) in [6, 6.07) is 18.0. The topological polar surface area (TPSA) is 116 Å². The first-order chi connectivity index (χ1) is 20.5. The number of hydrogen-bond acceptors (Lipinski definition) is 9. The van der Waals surface area contributed by atoms with Crippen LogP contribution >= 0.6 is 11.3 Å². The number of anilines is 3. The van der Waals surface area contributed by atoms with Crippen LogP contribution < -0.4 is 15.5 Å². The first-order valence-corrected chi connectivity index (χ1v) is 14.8. The first-order valence-electron chi connectivity index (χ1n) is 13.9. The third kappa shape index (κ3) is 6.56. The molecule has 2 aliphatic rings. The molecule has 0 atom stereocenters. The molecule has 0 saturated carbocycles. The zero-order chi connectivity index (χ0) is 28.9. The van der Waals surface area contributed by atoms with Crippen molar-refractivity contribution in [2.24, 2.45) is 0 Å². The van der Waals surface area contributed by atoms with Crippen molar-refractivity contribution >= 4 is 40.6 Å². The highest BCUT2D eigenvalue weighted by molar-refractivity contribution is 7.13. The van der Waals surface area contributed by atoms with Crippen molar-refractivity contribution in [1.29, 1.82) is 0 Å². The van der Waals surface area contributed by atoms with E-state index in [1.807, 2.05) is 46.7 Å². The maximum absolute atomic E-state index is 12.8. The zero-order valence-electron chi connectivity index (χ0n) is 23.3. The summed E-state index contributed by atoms with van der Waals surface area (Å²) in [5.41, 5.74) is 2.65. The monoisotopic (exact) mass is 584 g/mol. The summed E-state index contributed by atoms with van der Waals surface area (Å²) in [6.45, 7) is 5.89. The molecular weight excluding hydrogens is 552 g/mol. The van der Waals surface area contributed by atoms with Crippen molar-refractivity contribution in [3.8, 4) is 22.1 Å². The van der Waals surface area contributed by atoms with Gasteiger partial charge in [-0.15, -0.1) is 11.3 Å². The van der Waals surface area contributed by atoms with Gasteiger partial charge in [0.25, 0.3) is 5.91 Å². The summed E-state index contributed by atoms with van der Waals surface area (Å²) in [6.07, 6.45) is 0. The highest BCUT2D eigenvalue weighted by Crippen LogP contribution is 2.27. The second kappa shape index (κ2) is 12.6. The fraction of sp³-hybridized carbons (Fsp3) is 0.300. The summed E-state index contributed by atoms with van der Waals surface area (Å²) < 4.78 is 5.49. The van der Waals surface area contributed by atoms with E-state index in [9.17, 15) is 9.59 Å². The van der Waals surface area contributed by atoms with Gasteiger partial charge in [0.2, 0.25) is 5.95 Å². The summed E-state index contributed by atoms with van der Waals surface area (Å²) in [4.78, 5) is 46.8. The third-order valence-corrected chi connectivity index (χ3v) is 8.11. The smallest absolute Gasteiger partial charge is 0.323 e. The molecule has 3 amide bonds. The van der Waals surface area contributed by atoms with E-state index < -0.39 is 0 Å². The van der Waals surface area contributed by atoms with Gasteiger partial charge in [0, 0.05) is 61.8 Å². The van der Waals surface area contributed by atoms with Gasteiger partial charge in [-0.3, -0.25) is 4.79 Å². The van der Waals surface area contributed by atoms with E-state index in [4.69, 9.17) is 19.7 Å². The van der Waals surface area contributed by atoms with E-state index >= 15 is 0 Å². The number of amides is 3. The molecule has 2 saturated heterocycles. The molecule has 42 heavy (non-hydrogen) atoms. The lowest BCUT2D eigenvalue weighted by Crippen LogP contribution is -2.47. The standard InChI is InChI=1S/C30H32N8O3S/c1-36-12-14-37(15-13-36)28(39)22-6-10-24(11-7-22)32-30(40)31-23-8-4-21(5-9-23)26-33-27(25-3-2-20-42-25)35-29(34-26)38-16-18-41-19-17-38/h2-11,20H,12-19H2,1H3,(H2,31,32,40). The van der Waals surface area contributed by atoms with Crippen LogP contribution in [0.1, 0.15) is 10.4 Å². The molecule has 4 aromatic rings. The Kier molecular flexibility index (Phi) is 8.35. The Labute approximate surface area is 248 Å². The Morgan fingerprint density at radius 3 is 2.07 bits per heavy atom. The van der Waals surface area contributed by atoms with Gasteiger partial charge in [-0.2, -0.15) is 9.97 Å². The van der Waals surface area contributed by atoms with Crippen LogP contribution in [0.25, 0.3) is 22.1 Å². The molecule has 2 fully saturated rings. The highest BCUT2D eigenvalue weighted by Gasteiger charge is 2.21. The number of likely N-dealkylation sites (N-methyl/N-ethyl adjacent to an activating group) is 1. The summed E-state index contributed by atoms with van der Waals surface area (Å²) >= 11 is 1.58. The number of urea groups is 1. The van der Waals surface area contributed by atoms with Gasteiger partial charge in [0.05, 0.1) is 18.1 Å². The molecule has 2 aromatic heterocycles. The van der Waals surface area contributed by atoms with E-state index in [0.29, 0.717) is 60.8 Å². The molecule has 0 bridgehead atoms. The Bertz CT molecular complexity index is 1520. The van der Waals surface area contributed by atoms with Gasteiger partial charge in [-0.1, -0.05) is 6.07 Å². The molecule has 0 spiro atoms. The molecule has 12 heteroatoms. The van der Waals surface area contributed by atoms with Gasteiger partial charge in [0.1, 0.15) is 0 Å². The lowest BCUT2D eigenvalue weighted by Gasteiger charge is -2.32. The molecule has 0 aliphatic carbocycles. The number of aromatic nitrogens is 3. The van der Waals surface area contributed by atoms with E-state index in [1.54, 1.807) is 35.6 Å². The van der Waals surface area contributed by atoms with Crippen molar-refractivity contribution in [3.05, 3.63) is 71.6 Å². The van der Waals surface area contributed by atoms with Crippen molar-refractivity contribution in [2.45, 2.75) is 0 Å². The number of rotatable bonds is 6. The number of thiophene rings is 1. The molecule has 0 radical (unpaired) electrons. The molecule has 2 aromatic carbocycles. The largest absolute Gasteiger partial charge is 0.378 e. The minimum atomic E-state index is -0.379. The number of nitrogens with zero attached hydrogens (tertiary/aromatic N) is 6. The van der Waals surface area contributed by atoms with Crippen LogP contribution in [0, 0.1) is 0 Å². The SMILES string of the molecule is CN1CCN(C(=O)c2ccc(NC(=O)Nc3ccc(-c4nc(-c5cccs5)nc(N5CCOCC5)n4)cc3)cc2)CC1. The van der Waals surface area contributed by atoms with Gasteiger partial charge in [0.15, 0.2) is 11.6 Å². The van der Waals surface area contributed by atoms with Crippen LogP contribution in [-0.4, -0.2) is 96.2 Å². The van der Waals surface area contributed by atoms with Crippen molar-refractivity contribution < 1.29 is 14.3 Å². The Balaban J connectivity index is 1.10.